The first-order chi connectivity index (χ1) is 11.8. The van der Waals surface area contributed by atoms with E-state index in [0.717, 1.165) is 25.0 Å². The van der Waals surface area contributed by atoms with Gasteiger partial charge in [0.05, 0.1) is 11.0 Å². The maximum Gasteiger partial charge on any atom is 0.242 e. The topological polar surface area (TPSA) is 66.9 Å². The van der Waals surface area contributed by atoms with E-state index in [0.29, 0.717) is 25.9 Å². The third-order valence-corrected chi connectivity index (χ3v) is 6.38. The molecule has 1 amide bonds. The fourth-order valence-electron chi connectivity index (χ4n) is 2.86. The lowest BCUT2D eigenvalue weighted by atomic mass is 10.1. The summed E-state index contributed by atoms with van der Waals surface area (Å²) in [6.45, 7) is 1.60. The van der Waals surface area contributed by atoms with E-state index < -0.39 is 15.8 Å². The molecule has 0 saturated carbocycles. The van der Waals surface area contributed by atoms with Gasteiger partial charge in [-0.1, -0.05) is 0 Å². The first kappa shape index (κ1) is 19.8. The van der Waals surface area contributed by atoms with Crippen molar-refractivity contribution < 1.29 is 22.3 Å². The second-order valence-corrected chi connectivity index (χ2v) is 8.24. The van der Waals surface area contributed by atoms with E-state index in [-0.39, 0.29) is 23.5 Å². The van der Waals surface area contributed by atoms with Gasteiger partial charge in [-0.3, -0.25) is 4.79 Å². The fourth-order valence-corrected chi connectivity index (χ4v) is 4.07. The summed E-state index contributed by atoms with van der Waals surface area (Å²) in [5.41, 5.74) is 0. The Bertz CT molecular complexity index is 670. The molecule has 0 N–H and O–H groups in total. The monoisotopic (exact) mass is 372 g/mol. The van der Waals surface area contributed by atoms with E-state index in [4.69, 9.17) is 4.74 Å². The standard InChI is InChI=1S/C17H25FN2O4S/c1-19(25(22,23)16-7-5-14(18)6-8-16)11-3-4-17(21)20-12-9-15(24-2)10-13-20/h5-8,15H,3-4,9-13H2,1-2H3. The molecule has 0 unspecified atom stereocenters. The minimum atomic E-state index is -3.66. The summed E-state index contributed by atoms with van der Waals surface area (Å²) < 4.78 is 44.2. The molecule has 1 saturated heterocycles. The summed E-state index contributed by atoms with van der Waals surface area (Å²) in [5.74, 6) is -0.438. The normalized spacial score (nSPS) is 16.4. The SMILES string of the molecule is COC1CCN(C(=O)CCCN(C)S(=O)(=O)c2ccc(F)cc2)CC1. The van der Waals surface area contributed by atoms with Crippen LogP contribution in [0.15, 0.2) is 29.2 Å². The van der Waals surface area contributed by atoms with Crippen molar-refractivity contribution in [3.63, 3.8) is 0 Å². The number of hydrogen-bond donors (Lipinski definition) is 0. The molecule has 1 fully saturated rings. The van der Waals surface area contributed by atoms with Crippen LogP contribution in [0.25, 0.3) is 0 Å². The number of ether oxygens (including phenoxy) is 1. The molecular formula is C17H25FN2O4S. The Hall–Kier alpha value is -1.51. The zero-order valence-electron chi connectivity index (χ0n) is 14.7. The maximum atomic E-state index is 12.9. The van der Waals surface area contributed by atoms with E-state index in [2.05, 4.69) is 0 Å². The van der Waals surface area contributed by atoms with Crippen LogP contribution < -0.4 is 0 Å². The lowest BCUT2D eigenvalue weighted by Crippen LogP contribution is -2.40. The van der Waals surface area contributed by atoms with E-state index >= 15 is 0 Å². The second kappa shape index (κ2) is 8.73. The van der Waals surface area contributed by atoms with Crippen molar-refractivity contribution in [2.24, 2.45) is 0 Å². The largest absolute Gasteiger partial charge is 0.381 e. The van der Waals surface area contributed by atoms with Gasteiger partial charge in [0, 0.05) is 40.2 Å². The Morgan fingerprint density at radius 3 is 2.44 bits per heavy atom. The lowest BCUT2D eigenvalue weighted by molar-refractivity contribution is -0.133. The van der Waals surface area contributed by atoms with Gasteiger partial charge < -0.3 is 9.64 Å². The molecular weight excluding hydrogens is 347 g/mol. The minimum Gasteiger partial charge on any atom is -0.381 e. The molecule has 0 atom stereocenters. The molecule has 8 heteroatoms. The molecule has 25 heavy (non-hydrogen) atoms. The van der Waals surface area contributed by atoms with Gasteiger partial charge >= 0.3 is 0 Å². The summed E-state index contributed by atoms with van der Waals surface area (Å²) in [5, 5.41) is 0. The van der Waals surface area contributed by atoms with Crippen LogP contribution in [-0.2, 0) is 19.6 Å². The van der Waals surface area contributed by atoms with Crippen LogP contribution in [0.2, 0.25) is 0 Å². The number of sulfonamides is 1. The smallest absolute Gasteiger partial charge is 0.242 e. The highest BCUT2D eigenvalue weighted by molar-refractivity contribution is 7.89. The van der Waals surface area contributed by atoms with Crippen molar-refractivity contribution in [1.29, 1.82) is 0 Å². The number of nitrogens with zero attached hydrogens (tertiary/aromatic N) is 2. The average Bonchev–Trinajstić information content (AvgIpc) is 2.62. The molecule has 1 heterocycles. The maximum absolute atomic E-state index is 12.9. The molecule has 2 rings (SSSR count). The van der Waals surface area contributed by atoms with Gasteiger partial charge in [0.2, 0.25) is 15.9 Å². The number of benzene rings is 1. The zero-order valence-corrected chi connectivity index (χ0v) is 15.5. The van der Waals surface area contributed by atoms with Gasteiger partial charge in [0.15, 0.2) is 0 Å². The molecule has 1 aromatic carbocycles. The van der Waals surface area contributed by atoms with Crippen LogP contribution >= 0.6 is 0 Å². The van der Waals surface area contributed by atoms with E-state index in [9.17, 15) is 17.6 Å². The number of carbonyl (C=O) groups excluding carboxylic acids is 1. The average molecular weight is 372 g/mol. The molecule has 0 radical (unpaired) electrons. The lowest BCUT2D eigenvalue weighted by Gasteiger charge is -2.31. The van der Waals surface area contributed by atoms with E-state index in [1.165, 1.54) is 23.5 Å². The Morgan fingerprint density at radius 1 is 1.28 bits per heavy atom. The van der Waals surface area contributed by atoms with Crippen molar-refractivity contribution in [2.45, 2.75) is 36.7 Å². The third kappa shape index (κ3) is 5.23. The number of amides is 1. The summed E-state index contributed by atoms with van der Waals surface area (Å²) in [7, 11) is -0.518. The highest BCUT2D eigenvalue weighted by atomic mass is 32.2. The number of rotatable bonds is 7. The number of halogens is 1. The Morgan fingerprint density at radius 2 is 1.88 bits per heavy atom. The van der Waals surface area contributed by atoms with Crippen molar-refractivity contribution in [3.8, 4) is 0 Å². The van der Waals surface area contributed by atoms with Gasteiger partial charge in [-0.05, 0) is 43.5 Å². The number of hydrogen-bond acceptors (Lipinski definition) is 4. The van der Waals surface area contributed by atoms with E-state index in [1.807, 2.05) is 4.90 Å². The predicted molar refractivity (Wildman–Crippen MR) is 92.1 cm³/mol. The number of methoxy groups -OCH3 is 1. The van der Waals surface area contributed by atoms with Crippen LogP contribution in [0, 0.1) is 5.82 Å². The first-order valence-corrected chi connectivity index (χ1v) is 9.81. The summed E-state index contributed by atoms with van der Waals surface area (Å²) >= 11 is 0. The van der Waals surface area contributed by atoms with Crippen LogP contribution in [0.3, 0.4) is 0 Å². The molecule has 1 aliphatic rings. The molecule has 0 bridgehead atoms. The predicted octanol–water partition coefficient (Wildman–Crippen LogP) is 1.86. The van der Waals surface area contributed by atoms with Crippen LogP contribution in [0.5, 0.6) is 0 Å². The van der Waals surface area contributed by atoms with Gasteiger partial charge in [-0.2, -0.15) is 0 Å². The molecule has 0 aromatic heterocycles. The Kier molecular flexibility index (Phi) is 6.92. The Labute approximate surface area is 148 Å². The molecule has 6 nitrogen and oxygen atoms in total. The highest BCUT2D eigenvalue weighted by Crippen LogP contribution is 2.17. The second-order valence-electron chi connectivity index (χ2n) is 6.20. The summed E-state index contributed by atoms with van der Waals surface area (Å²) in [6.07, 6.45) is 2.64. The summed E-state index contributed by atoms with van der Waals surface area (Å²) in [4.78, 5) is 14.1. The van der Waals surface area contributed by atoms with Gasteiger partial charge in [-0.25, -0.2) is 17.1 Å². The minimum absolute atomic E-state index is 0.0436. The molecule has 1 aliphatic heterocycles. The van der Waals surface area contributed by atoms with Crippen molar-refractivity contribution >= 4 is 15.9 Å². The number of likely N-dealkylation sites (tertiary alicyclic amines) is 1. The summed E-state index contributed by atoms with van der Waals surface area (Å²) in [6, 6.07) is 4.72. The van der Waals surface area contributed by atoms with Crippen molar-refractivity contribution in [2.75, 3.05) is 33.8 Å². The van der Waals surface area contributed by atoms with Gasteiger partial charge in [0.25, 0.3) is 0 Å². The first-order valence-electron chi connectivity index (χ1n) is 8.37. The fraction of sp³-hybridized carbons (Fsp3) is 0.588. The van der Waals surface area contributed by atoms with Crippen molar-refractivity contribution in [3.05, 3.63) is 30.1 Å². The highest BCUT2D eigenvalue weighted by Gasteiger charge is 2.24. The zero-order chi connectivity index (χ0) is 18.4. The van der Waals surface area contributed by atoms with Gasteiger partial charge in [-0.15, -0.1) is 0 Å². The quantitative estimate of drug-likeness (QED) is 0.733. The van der Waals surface area contributed by atoms with Crippen molar-refractivity contribution in [1.82, 2.24) is 9.21 Å². The van der Waals surface area contributed by atoms with Crippen LogP contribution in [-0.4, -0.2) is 63.4 Å². The molecule has 1 aromatic rings. The van der Waals surface area contributed by atoms with Crippen LogP contribution in [0.4, 0.5) is 4.39 Å². The van der Waals surface area contributed by atoms with Gasteiger partial charge in [0.1, 0.15) is 5.82 Å². The van der Waals surface area contributed by atoms with E-state index in [1.54, 1.807) is 7.11 Å². The number of piperidine rings is 1. The number of carbonyl (C=O) groups is 1. The van der Waals surface area contributed by atoms with Crippen LogP contribution in [0.1, 0.15) is 25.7 Å². The third-order valence-electron chi connectivity index (χ3n) is 4.51. The molecule has 0 aliphatic carbocycles. The molecule has 0 spiro atoms. The Balaban J connectivity index is 1.80. The molecule has 140 valence electrons.